The van der Waals surface area contributed by atoms with Crippen molar-refractivity contribution in [3.05, 3.63) is 59.2 Å². The zero-order chi connectivity index (χ0) is 23.9. The van der Waals surface area contributed by atoms with Crippen molar-refractivity contribution in [1.29, 1.82) is 0 Å². The summed E-state index contributed by atoms with van der Waals surface area (Å²) in [5.74, 6) is 0. The number of nitrogens with zero attached hydrogens (tertiary/aromatic N) is 2. The van der Waals surface area contributed by atoms with Gasteiger partial charge in [-0.1, -0.05) is 0 Å². The van der Waals surface area contributed by atoms with E-state index >= 15 is 0 Å². The van der Waals surface area contributed by atoms with Crippen LogP contribution in [-0.2, 0) is 15.6 Å². The first kappa shape index (κ1) is 23.7. The van der Waals surface area contributed by atoms with Crippen molar-refractivity contribution in [3.8, 4) is 0 Å². The standard InChI is InChI=1S/C15H21NO.C15H19NO/c2*1-12-10-13(2-9-16-12)15-6-3-14(11-17,4-7-15)5-8-15/h2,9-10,17H,3-8,11H2,1H3;2,9-11H,3-8H2,1H3. The molecule has 6 saturated carbocycles. The van der Waals surface area contributed by atoms with Gasteiger partial charge in [-0.05, 0) is 143 Å². The van der Waals surface area contributed by atoms with Gasteiger partial charge in [0.05, 0.1) is 0 Å². The summed E-state index contributed by atoms with van der Waals surface area (Å²) in [6.45, 7) is 4.52. The monoisotopic (exact) mass is 460 g/mol. The van der Waals surface area contributed by atoms with Gasteiger partial charge in [0.1, 0.15) is 6.29 Å². The highest BCUT2D eigenvalue weighted by molar-refractivity contribution is 5.60. The fourth-order valence-electron chi connectivity index (χ4n) is 7.51. The first-order chi connectivity index (χ1) is 16.4. The molecule has 0 radical (unpaired) electrons. The van der Waals surface area contributed by atoms with Gasteiger partial charge in [-0.2, -0.15) is 0 Å². The Hall–Kier alpha value is -2.07. The van der Waals surface area contributed by atoms with E-state index in [0.29, 0.717) is 17.4 Å². The van der Waals surface area contributed by atoms with Gasteiger partial charge in [-0.3, -0.25) is 9.97 Å². The molecule has 2 aromatic rings. The van der Waals surface area contributed by atoms with Crippen LogP contribution in [-0.4, -0.2) is 28.0 Å². The lowest BCUT2D eigenvalue weighted by Gasteiger charge is -2.53. The van der Waals surface area contributed by atoms with E-state index in [1.165, 1.54) is 75.2 Å². The fourth-order valence-corrected chi connectivity index (χ4v) is 7.51. The highest BCUT2D eigenvalue weighted by Crippen LogP contribution is 2.58. The van der Waals surface area contributed by atoms with Crippen molar-refractivity contribution in [2.75, 3.05) is 6.61 Å². The molecule has 0 amide bonds. The molecule has 2 heterocycles. The molecule has 0 aromatic carbocycles. The van der Waals surface area contributed by atoms with Crippen molar-refractivity contribution < 1.29 is 9.90 Å². The lowest BCUT2D eigenvalue weighted by molar-refractivity contribution is -0.122. The van der Waals surface area contributed by atoms with Crippen LogP contribution in [0.15, 0.2) is 36.7 Å². The van der Waals surface area contributed by atoms with E-state index in [0.717, 1.165) is 30.7 Å². The third-order valence-corrected chi connectivity index (χ3v) is 10.3. The molecule has 6 aliphatic rings. The van der Waals surface area contributed by atoms with Gasteiger partial charge in [-0.25, -0.2) is 0 Å². The summed E-state index contributed by atoms with van der Waals surface area (Å²) < 4.78 is 0. The Labute approximate surface area is 204 Å². The number of rotatable bonds is 4. The quantitative estimate of drug-likeness (QED) is 0.556. The van der Waals surface area contributed by atoms with E-state index in [2.05, 4.69) is 48.1 Å². The summed E-state index contributed by atoms with van der Waals surface area (Å²) in [5.41, 5.74) is 6.20. The largest absolute Gasteiger partial charge is 0.396 e. The van der Waals surface area contributed by atoms with Crippen LogP contribution < -0.4 is 0 Å². The zero-order valence-corrected chi connectivity index (χ0v) is 21.0. The molecule has 182 valence electrons. The van der Waals surface area contributed by atoms with Crippen LogP contribution in [0.4, 0.5) is 0 Å². The molecule has 1 N–H and O–H groups in total. The average molecular weight is 461 g/mol. The maximum atomic E-state index is 11.2. The van der Waals surface area contributed by atoms with Crippen molar-refractivity contribution in [2.24, 2.45) is 10.8 Å². The molecule has 0 atom stereocenters. The lowest BCUT2D eigenvalue weighted by atomic mass is 9.52. The van der Waals surface area contributed by atoms with E-state index in [1.54, 1.807) is 0 Å². The van der Waals surface area contributed by atoms with E-state index < -0.39 is 0 Å². The lowest BCUT2D eigenvalue weighted by Crippen LogP contribution is -2.45. The van der Waals surface area contributed by atoms with Gasteiger partial charge in [0.2, 0.25) is 0 Å². The highest BCUT2D eigenvalue weighted by Gasteiger charge is 2.50. The number of pyridine rings is 2. The topological polar surface area (TPSA) is 63.1 Å². The van der Waals surface area contributed by atoms with Crippen molar-refractivity contribution in [1.82, 2.24) is 9.97 Å². The van der Waals surface area contributed by atoms with Gasteiger partial charge >= 0.3 is 0 Å². The number of aliphatic hydroxyl groups is 1. The molecule has 8 rings (SSSR count). The van der Waals surface area contributed by atoms with Crippen LogP contribution >= 0.6 is 0 Å². The second kappa shape index (κ2) is 8.86. The van der Waals surface area contributed by atoms with Crippen LogP contribution in [0.5, 0.6) is 0 Å². The SMILES string of the molecule is Cc1cc(C23CCC(C=O)(CC2)CC3)ccn1.Cc1cc(C23CCC(CO)(CC2)CC3)ccn1. The second-order valence-corrected chi connectivity index (χ2v) is 12.1. The van der Waals surface area contributed by atoms with Crippen molar-refractivity contribution in [3.63, 3.8) is 0 Å². The summed E-state index contributed by atoms with van der Waals surface area (Å²) >= 11 is 0. The number of carbonyl (C=O) groups excluding carboxylic acids is 1. The van der Waals surface area contributed by atoms with E-state index in [1.807, 2.05) is 12.4 Å². The Bertz CT molecular complexity index is 997. The molecule has 2 aromatic heterocycles. The van der Waals surface area contributed by atoms with Gasteiger partial charge in [0, 0.05) is 35.8 Å². The number of fused-ring (bicyclic) bond motifs is 6. The van der Waals surface area contributed by atoms with Crippen LogP contribution in [0.1, 0.15) is 99.6 Å². The zero-order valence-electron chi connectivity index (χ0n) is 21.0. The first-order valence-electron chi connectivity index (χ1n) is 13.3. The number of aldehydes is 1. The number of hydrogen-bond donors (Lipinski definition) is 1. The molecule has 4 heteroatoms. The number of hydrogen-bond acceptors (Lipinski definition) is 4. The Kier molecular flexibility index (Phi) is 6.16. The van der Waals surface area contributed by atoms with Gasteiger partial charge in [-0.15, -0.1) is 0 Å². The molecule has 34 heavy (non-hydrogen) atoms. The molecule has 4 bridgehead atoms. The predicted molar refractivity (Wildman–Crippen MR) is 135 cm³/mol. The molecular weight excluding hydrogens is 420 g/mol. The van der Waals surface area contributed by atoms with E-state index in [-0.39, 0.29) is 10.8 Å². The summed E-state index contributed by atoms with van der Waals surface area (Å²) in [5, 5.41) is 9.55. The van der Waals surface area contributed by atoms with Gasteiger partial charge < -0.3 is 9.90 Å². The fraction of sp³-hybridized carbons (Fsp3) is 0.633. The average Bonchev–Trinajstić information content (AvgIpc) is 2.91. The van der Waals surface area contributed by atoms with Gasteiger partial charge in [0.15, 0.2) is 0 Å². The summed E-state index contributed by atoms with van der Waals surface area (Å²) in [6, 6.07) is 8.87. The third kappa shape index (κ3) is 4.12. The van der Waals surface area contributed by atoms with Crippen LogP contribution in [0.3, 0.4) is 0 Å². The number of aromatic nitrogens is 2. The Balaban J connectivity index is 0.000000142. The molecule has 0 unspecified atom stereocenters. The maximum absolute atomic E-state index is 11.2. The molecule has 6 fully saturated rings. The van der Waals surface area contributed by atoms with Gasteiger partial charge in [0.25, 0.3) is 0 Å². The van der Waals surface area contributed by atoms with Crippen molar-refractivity contribution >= 4 is 6.29 Å². The smallest absolute Gasteiger partial charge is 0.126 e. The Morgan fingerprint density at radius 1 is 0.735 bits per heavy atom. The maximum Gasteiger partial charge on any atom is 0.126 e. The first-order valence-corrected chi connectivity index (χ1v) is 13.3. The highest BCUT2D eigenvalue weighted by atomic mass is 16.3. The van der Waals surface area contributed by atoms with Crippen molar-refractivity contribution in [2.45, 2.75) is 102 Å². The molecule has 0 aliphatic heterocycles. The van der Waals surface area contributed by atoms with Crippen LogP contribution in [0.2, 0.25) is 0 Å². The van der Waals surface area contributed by atoms with E-state index in [9.17, 15) is 9.90 Å². The van der Waals surface area contributed by atoms with E-state index in [4.69, 9.17) is 0 Å². The number of aryl methyl sites for hydroxylation is 2. The Morgan fingerprint density at radius 2 is 1.15 bits per heavy atom. The minimum Gasteiger partial charge on any atom is -0.396 e. The minimum absolute atomic E-state index is 0.0316. The molecule has 0 spiro atoms. The minimum atomic E-state index is 0.0316. The normalized spacial score (nSPS) is 36.0. The third-order valence-electron chi connectivity index (χ3n) is 10.3. The summed E-state index contributed by atoms with van der Waals surface area (Å²) in [7, 11) is 0. The summed E-state index contributed by atoms with van der Waals surface area (Å²) in [4.78, 5) is 19.8. The molecule has 4 nitrogen and oxygen atoms in total. The van der Waals surface area contributed by atoms with Crippen LogP contribution in [0, 0.1) is 24.7 Å². The number of carbonyl (C=O) groups is 1. The summed E-state index contributed by atoms with van der Waals surface area (Å²) in [6.07, 6.45) is 19.2. The van der Waals surface area contributed by atoms with Crippen LogP contribution in [0.25, 0.3) is 0 Å². The predicted octanol–water partition coefficient (Wildman–Crippen LogP) is 6.16. The molecular formula is C30H40N2O2. The number of aliphatic hydroxyl groups excluding tert-OH is 1. The molecule has 6 aliphatic carbocycles. The molecule has 0 saturated heterocycles. The second-order valence-electron chi connectivity index (χ2n) is 12.1. The Morgan fingerprint density at radius 3 is 1.50 bits per heavy atom.